The van der Waals surface area contributed by atoms with Gasteiger partial charge in [-0.3, -0.25) is 4.79 Å². The van der Waals surface area contributed by atoms with Crippen LogP contribution in [0.2, 0.25) is 0 Å². The molecule has 0 heterocycles. The lowest BCUT2D eigenvalue weighted by Crippen LogP contribution is -2.53. The number of carbonyl (C=O) groups is 1. The molecular formula is C22H35BrO. The predicted molar refractivity (Wildman–Crippen MR) is 103 cm³/mol. The normalized spacial score (nSPS) is 53.8. The van der Waals surface area contributed by atoms with E-state index in [-0.39, 0.29) is 0 Å². The summed E-state index contributed by atoms with van der Waals surface area (Å²) in [7, 11) is 0. The molecule has 136 valence electrons. The fourth-order valence-electron chi connectivity index (χ4n) is 8.09. The molecule has 0 aromatic heterocycles. The average molecular weight is 395 g/mol. The molecule has 8 atom stereocenters. The van der Waals surface area contributed by atoms with E-state index >= 15 is 0 Å². The Morgan fingerprint density at radius 2 is 1.67 bits per heavy atom. The second-order valence-corrected chi connectivity index (χ2v) is 10.9. The number of fused-ring (bicyclic) bond motifs is 5. The minimum atomic E-state index is 0.303. The van der Waals surface area contributed by atoms with E-state index in [9.17, 15) is 4.79 Å². The lowest BCUT2D eigenvalue weighted by atomic mass is 9.44. The number of Topliss-reactive ketones (excluding diaryl/α,β-unsaturated/α-hetero) is 1. The van der Waals surface area contributed by atoms with Crippen LogP contribution >= 0.6 is 15.9 Å². The Balaban J connectivity index is 1.60. The maximum atomic E-state index is 12.5. The van der Waals surface area contributed by atoms with Gasteiger partial charge in [0.15, 0.2) is 0 Å². The molecule has 0 spiro atoms. The molecule has 0 aromatic rings. The van der Waals surface area contributed by atoms with Crippen molar-refractivity contribution in [1.82, 2.24) is 0 Å². The molecular weight excluding hydrogens is 360 g/mol. The average Bonchev–Trinajstić information content (AvgIpc) is 2.92. The van der Waals surface area contributed by atoms with Gasteiger partial charge in [0.05, 0.1) is 5.33 Å². The Bertz CT molecular complexity index is 516. The zero-order valence-corrected chi connectivity index (χ0v) is 17.4. The minimum absolute atomic E-state index is 0.303. The summed E-state index contributed by atoms with van der Waals surface area (Å²) in [6, 6.07) is 0. The maximum absolute atomic E-state index is 12.5. The van der Waals surface area contributed by atoms with E-state index in [0.717, 1.165) is 36.0 Å². The number of ketones is 1. The van der Waals surface area contributed by atoms with Crippen LogP contribution in [0.1, 0.15) is 78.6 Å². The van der Waals surface area contributed by atoms with Crippen LogP contribution in [0.4, 0.5) is 0 Å². The summed E-state index contributed by atoms with van der Waals surface area (Å²) in [5, 5.41) is 0.561. The van der Waals surface area contributed by atoms with Crippen molar-refractivity contribution in [3.05, 3.63) is 0 Å². The van der Waals surface area contributed by atoms with Gasteiger partial charge in [0.25, 0.3) is 0 Å². The van der Waals surface area contributed by atoms with Gasteiger partial charge in [0, 0.05) is 5.92 Å². The van der Waals surface area contributed by atoms with Gasteiger partial charge >= 0.3 is 0 Å². The molecule has 4 fully saturated rings. The van der Waals surface area contributed by atoms with Crippen molar-refractivity contribution in [2.75, 3.05) is 5.33 Å². The third-order valence-corrected chi connectivity index (χ3v) is 10.0. The van der Waals surface area contributed by atoms with E-state index in [1.807, 2.05) is 0 Å². The van der Waals surface area contributed by atoms with Gasteiger partial charge in [0.2, 0.25) is 0 Å². The van der Waals surface area contributed by atoms with E-state index in [0.29, 0.717) is 27.9 Å². The van der Waals surface area contributed by atoms with E-state index in [1.54, 1.807) is 0 Å². The van der Waals surface area contributed by atoms with E-state index in [2.05, 4.69) is 36.7 Å². The highest BCUT2D eigenvalue weighted by Crippen LogP contribution is 2.67. The molecule has 6 unspecified atom stereocenters. The van der Waals surface area contributed by atoms with Crippen molar-refractivity contribution >= 4 is 21.7 Å². The SMILES string of the molecule is CC1CCC2(C)C(CCC3C2CC[C@@]2(C)C3CC[C@@H]2C(=O)CBr)C1. The molecule has 0 N–H and O–H groups in total. The number of hydrogen-bond acceptors (Lipinski definition) is 1. The van der Waals surface area contributed by atoms with Crippen molar-refractivity contribution in [2.45, 2.75) is 78.6 Å². The molecule has 2 heteroatoms. The van der Waals surface area contributed by atoms with E-state index in [4.69, 9.17) is 0 Å². The number of rotatable bonds is 2. The molecule has 0 bridgehead atoms. The second kappa shape index (κ2) is 6.10. The lowest BCUT2D eigenvalue weighted by molar-refractivity contribution is -0.134. The molecule has 0 amide bonds. The largest absolute Gasteiger partial charge is 0.298 e. The van der Waals surface area contributed by atoms with Crippen LogP contribution < -0.4 is 0 Å². The summed E-state index contributed by atoms with van der Waals surface area (Å²) in [6.07, 6.45) is 12.5. The molecule has 4 saturated carbocycles. The zero-order valence-electron chi connectivity index (χ0n) is 15.8. The summed E-state index contributed by atoms with van der Waals surface area (Å²) in [6.45, 7) is 7.60. The summed E-state index contributed by atoms with van der Waals surface area (Å²) >= 11 is 3.44. The Labute approximate surface area is 156 Å². The lowest BCUT2D eigenvalue weighted by Gasteiger charge is -2.61. The smallest absolute Gasteiger partial charge is 0.147 e. The van der Waals surface area contributed by atoms with Crippen LogP contribution in [-0.4, -0.2) is 11.1 Å². The summed E-state index contributed by atoms with van der Waals surface area (Å²) in [4.78, 5) is 12.5. The number of carbonyl (C=O) groups excluding carboxylic acids is 1. The molecule has 24 heavy (non-hydrogen) atoms. The third kappa shape index (κ3) is 2.41. The number of hydrogen-bond donors (Lipinski definition) is 0. The highest BCUT2D eigenvalue weighted by Gasteiger charge is 2.60. The second-order valence-electron chi connectivity index (χ2n) is 10.3. The van der Waals surface area contributed by atoms with Gasteiger partial charge in [-0.05, 0) is 91.8 Å². The van der Waals surface area contributed by atoms with Crippen LogP contribution in [0.25, 0.3) is 0 Å². The highest BCUT2D eigenvalue weighted by atomic mass is 79.9. The molecule has 1 nitrogen and oxygen atoms in total. The maximum Gasteiger partial charge on any atom is 0.147 e. The highest BCUT2D eigenvalue weighted by molar-refractivity contribution is 9.09. The molecule has 4 rings (SSSR count). The molecule has 4 aliphatic rings. The molecule has 0 saturated heterocycles. The minimum Gasteiger partial charge on any atom is -0.298 e. The summed E-state index contributed by atoms with van der Waals surface area (Å²) < 4.78 is 0. The van der Waals surface area contributed by atoms with Crippen LogP contribution in [-0.2, 0) is 4.79 Å². The third-order valence-electron chi connectivity index (χ3n) is 9.45. The van der Waals surface area contributed by atoms with Gasteiger partial charge in [0.1, 0.15) is 5.78 Å². The molecule has 0 aliphatic heterocycles. The fourth-order valence-corrected chi connectivity index (χ4v) is 8.49. The summed E-state index contributed by atoms with van der Waals surface area (Å²) in [5.74, 6) is 5.41. The van der Waals surface area contributed by atoms with Crippen molar-refractivity contribution in [1.29, 1.82) is 0 Å². The predicted octanol–water partition coefficient (Wildman–Crippen LogP) is 6.25. The Hall–Kier alpha value is 0.150. The first-order valence-electron chi connectivity index (χ1n) is 10.5. The number of alkyl halides is 1. The first-order valence-corrected chi connectivity index (χ1v) is 11.6. The van der Waals surface area contributed by atoms with Gasteiger partial charge < -0.3 is 0 Å². The van der Waals surface area contributed by atoms with Crippen molar-refractivity contribution in [2.24, 2.45) is 46.3 Å². The van der Waals surface area contributed by atoms with Gasteiger partial charge in [-0.25, -0.2) is 0 Å². The first kappa shape index (κ1) is 17.6. The standard InChI is InChI=1S/C22H35BrO/c1-14-8-10-21(2)15(12-14)4-5-16-17-6-7-19(20(24)13-23)22(17,3)11-9-18(16)21/h14-19H,4-13H2,1-3H3/t14?,15?,16?,17?,18?,19-,21?,22+/m1/s1. The van der Waals surface area contributed by atoms with Gasteiger partial charge in [-0.15, -0.1) is 0 Å². The fraction of sp³-hybridized carbons (Fsp3) is 0.955. The topological polar surface area (TPSA) is 17.1 Å². The Morgan fingerprint density at radius 1 is 0.958 bits per heavy atom. The molecule has 0 radical (unpaired) electrons. The zero-order chi connectivity index (χ0) is 17.1. The van der Waals surface area contributed by atoms with Crippen molar-refractivity contribution < 1.29 is 4.79 Å². The van der Waals surface area contributed by atoms with Crippen molar-refractivity contribution in [3.63, 3.8) is 0 Å². The Kier molecular flexibility index (Phi) is 4.46. The van der Waals surface area contributed by atoms with Crippen LogP contribution in [0.3, 0.4) is 0 Å². The van der Waals surface area contributed by atoms with Crippen LogP contribution in [0.15, 0.2) is 0 Å². The number of halogens is 1. The van der Waals surface area contributed by atoms with Gasteiger partial charge in [-0.1, -0.05) is 43.1 Å². The van der Waals surface area contributed by atoms with Gasteiger partial charge in [-0.2, -0.15) is 0 Å². The Morgan fingerprint density at radius 3 is 2.42 bits per heavy atom. The quantitative estimate of drug-likeness (QED) is 0.506. The van der Waals surface area contributed by atoms with Crippen LogP contribution in [0, 0.1) is 46.3 Å². The monoisotopic (exact) mass is 394 g/mol. The van der Waals surface area contributed by atoms with Crippen molar-refractivity contribution in [3.8, 4) is 0 Å². The first-order chi connectivity index (χ1) is 11.4. The van der Waals surface area contributed by atoms with E-state index < -0.39 is 0 Å². The van der Waals surface area contributed by atoms with Crippen LogP contribution in [0.5, 0.6) is 0 Å². The molecule has 0 aromatic carbocycles. The van der Waals surface area contributed by atoms with E-state index in [1.165, 1.54) is 51.4 Å². The summed E-state index contributed by atoms with van der Waals surface area (Å²) in [5.41, 5.74) is 0.908. The molecule has 4 aliphatic carbocycles.